The summed E-state index contributed by atoms with van der Waals surface area (Å²) in [6.07, 6.45) is 1.97. The van der Waals surface area contributed by atoms with Crippen LogP contribution in [-0.2, 0) is 0 Å². The SMILES string of the molecule is C/N=C(Cl)/C=C(\C(=N)CCCl)c1cc2c(F)cccc2[nH]1. The van der Waals surface area contributed by atoms with E-state index in [2.05, 4.69) is 9.98 Å². The fourth-order valence-electron chi connectivity index (χ4n) is 2.00. The predicted octanol–water partition coefficient (Wildman–Crippen LogP) is 4.61. The Bertz CT molecular complexity index is 732. The molecule has 0 spiro atoms. The zero-order valence-electron chi connectivity index (χ0n) is 11.4. The molecule has 2 aromatic rings. The van der Waals surface area contributed by atoms with E-state index in [1.54, 1.807) is 31.3 Å². The van der Waals surface area contributed by atoms with Gasteiger partial charge in [-0.1, -0.05) is 17.7 Å². The molecule has 1 heterocycles. The first-order valence-electron chi connectivity index (χ1n) is 6.32. The number of aliphatic imine (C=N–C) groups is 1. The van der Waals surface area contributed by atoms with Gasteiger partial charge in [-0.3, -0.25) is 4.99 Å². The molecule has 0 aliphatic rings. The summed E-state index contributed by atoms with van der Waals surface area (Å²) in [5.74, 6) is 0.0135. The van der Waals surface area contributed by atoms with Gasteiger partial charge in [0, 0.05) is 47.2 Å². The second-order valence-electron chi connectivity index (χ2n) is 4.41. The first-order chi connectivity index (χ1) is 10.1. The number of hydrogen-bond donors (Lipinski definition) is 2. The van der Waals surface area contributed by atoms with Crippen molar-refractivity contribution < 1.29 is 4.39 Å². The molecule has 0 aliphatic carbocycles. The number of aromatic amines is 1. The summed E-state index contributed by atoms with van der Waals surface area (Å²) in [5.41, 5.74) is 2.16. The number of H-pyrrole nitrogens is 1. The quantitative estimate of drug-likeness (QED) is 0.596. The molecule has 0 unspecified atom stereocenters. The van der Waals surface area contributed by atoms with Crippen LogP contribution >= 0.6 is 23.2 Å². The van der Waals surface area contributed by atoms with E-state index in [-0.39, 0.29) is 11.0 Å². The lowest BCUT2D eigenvalue weighted by atomic mass is 10.0. The summed E-state index contributed by atoms with van der Waals surface area (Å²) in [6, 6.07) is 6.47. The monoisotopic (exact) mass is 325 g/mol. The molecule has 3 nitrogen and oxygen atoms in total. The molecule has 0 atom stereocenters. The molecule has 0 saturated heterocycles. The van der Waals surface area contributed by atoms with E-state index in [1.807, 2.05) is 0 Å². The lowest BCUT2D eigenvalue weighted by Crippen LogP contribution is -2.03. The molecular formula is C15H14Cl2FN3. The van der Waals surface area contributed by atoms with E-state index in [4.69, 9.17) is 28.6 Å². The molecule has 0 saturated carbocycles. The van der Waals surface area contributed by atoms with Gasteiger partial charge in [0.1, 0.15) is 11.0 Å². The standard InChI is InChI=1S/C15H14Cl2FN3/c1-20-15(17)8-10(12(19)5-6-16)14-7-9-11(18)3-2-4-13(9)21-14/h2-4,7-8,19,21H,5-6H2,1H3/b10-8+,19-12?,20-15-. The number of nitrogens with one attached hydrogen (secondary N) is 2. The Balaban J connectivity index is 2.56. The third-order valence-electron chi connectivity index (χ3n) is 3.05. The minimum atomic E-state index is -0.312. The van der Waals surface area contributed by atoms with Crippen LogP contribution < -0.4 is 0 Å². The van der Waals surface area contributed by atoms with Gasteiger partial charge < -0.3 is 10.4 Å². The molecule has 0 aliphatic heterocycles. The van der Waals surface area contributed by atoms with Gasteiger partial charge >= 0.3 is 0 Å². The Hall–Kier alpha value is -1.65. The average molecular weight is 326 g/mol. The first-order valence-corrected chi connectivity index (χ1v) is 7.23. The van der Waals surface area contributed by atoms with Crippen LogP contribution in [0.4, 0.5) is 4.39 Å². The molecule has 2 rings (SSSR count). The number of aromatic nitrogens is 1. The Morgan fingerprint density at radius 2 is 2.24 bits per heavy atom. The Kier molecular flexibility index (Phi) is 5.15. The molecule has 2 N–H and O–H groups in total. The molecule has 21 heavy (non-hydrogen) atoms. The van der Waals surface area contributed by atoms with Crippen molar-refractivity contribution in [1.82, 2.24) is 4.98 Å². The van der Waals surface area contributed by atoms with Crippen molar-refractivity contribution in [2.45, 2.75) is 6.42 Å². The Labute approximate surface area is 132 Å². The number of alkyl halides is 1. The number of rotatable bonds is 5. The fraction of sp³-hybridized carbons (Fsp3) is 0.200. The van der Waals surface area contributed by atoms with Crippen LogP contribution in [0, 0.1) is 11.2 Å². The smallest absolute Gasteiger partial charge is 0.132 e. The summed E-state index contributed by atoms with van der Waals surface area (Å²) in [4.78, 5) is 6.96. The molecule has 110 valence electrons. The highest BCUT2D eigenvalue weighted by Crippen LogP contribution is 2.25. The highest BCUT2D eigenvalue weighted by molar-refractivity contribution is 6.69. The lowest BCUT2D eigenvalue weighted by molar-refractivity contribution is 0.640. The third-order valence-corrected chi connectivity index (χ3v) is 3.51. The van der Waals surface area contributed by atoms with Crippen molar-refractivity contribution in [2.75, 3.05) is 12.9 Å². The maximum absolute atomic E-state index is 13.8. The van der Waals surface area contributed by atoms with Gasteiger partial charge in [-0.15, -0.1) is 11.6 Å². The van der Waals surface area contributed by atoms with Crippen molar-refractivity contribution in [2.24, 2.45) is 4.99 Å². The summed E-state index contributed by atoms with van der Waals surface area (Å²) in [5, 5.41) is 8.84. The van der Waals surface area contributed by atoms with Crippen molar-refractivity contribution in [3.63, 3.8) is 0 Å². The largest absolute Gasteiger partial charge is 0.354 e. The van der Waals surface area contributed by atoms with Crippen LogP contribution in [0.25, 0.3) is 16.5 Å². The number of benzene rings is 1. The van der Waals surface area contributed by atoms with Gasteiger partial charge in [0.25, 0.3) is 0 Å². The number of fused-ring (bicyclic) bond motifs is 1. The van der Waals surface area contributed by atoms with Crippen molar-refractivity contribution in [3.05, 3.63) is 41.9 Å². The number of nitrogens with zero attached hydrogens (tertiary/aromatic N) is 1. The van der Waals surface area contributed by atoms with Crippen LogP contribution in [-0.4, -0.2) is 28.8 Å². The second-order valence-corrected chi connectivity index (χ2v) is 5.17. The van der Waals surface area contributed by atoms with Crippen LogP contribution in [0.1, 0.15) is 12.1 Å². The minimum absolute atomic E-state index is 0.267. The van der Waals surface area contributed by atoms with Crippen molar-refractivity contribution >= 4 is 50.6 Å². The highest BCUT2D eigenvalue weighted by Gasteiger charge is 2.13. The van der Waals surface area contributed by atoms with Crippen LogP contribution in [0.3, 0.4) is 0 Å². The van der Waals surface area contributed by atoms with E-state index in [9.17, 15) is 4.39 Å². The van der Waals surface area contributed by atoms with Crippen LogP contribution in [0.2, 0.25) is 0 Å². The van der Waals surface area contributed by atoms with Gasteiger partial charge in [0.05, 0.1) is 0 Å². The van der Waals surface area contributed by atoms with E-state index < -0.39 is 0 Å². The van der Waals surface area contributed by atoms with E-state index in [0.717, 1.165) is 0 Å². The highest BCUT2D eigenvalue weighted by atomic mass is 35.5. The molecular weight excluding hydrogens is 312 g/mol. The molecule has 0 bridgehead atoms. The maximum Gasteiger partial charge on any atom is 0.132 e. The Morgan fingerprint density at radius 3 is 2.86 bits per heavy atom. The summed E-state index contributed by atoms with van der Waals surface area (Å²) in [7, 11) is 1.56. The number of hydrogen-bond acceptors (Lipinski definition) is 2. The van der Waals surface area contributed by atoms with Gasteiger partial charge in [-0.25, -0.2) is 4.39 Å². The topological polar surface area (TPSA) is 52.0 Å². The van der Waals surface area contributed by atoms with E-state index >= 15 is 0 Å². The fourth-order valence-corrected chi connectivity index (χ4v) is 2.30. The molecule has 0 radical (unpaired) electrons. The van der Waals surface area contributed by atoms with Crippen molar-refractivity contribution in [1.29, 1.82) is 5.41 Å². The molecule has 0 amide bonds. The summed E-state index contributed by atoms with van der Waals surface area (Å²) < 4.78 is 13.8. The zero-order chi connectivity index (χ0) is 15.4. The molecule has 0 fully saturated rings. The second kappa shape index (κ2) is 6.87. The van der Waals surface area contributed by atoms with Gasteiger partial charge in [0.15, 0.2) is 0 Å². The molecule has 6 heteroatoms. The predicted molar refractivity (Wildman–Crippen MR) is 88.5 cm³/mol. The summed E-state index contributed by atoms with van der Waals surface area (Å²) in [6.45, 7) is 0. The first kappa shape index (κ1) is 15.7. The van der Waals surface area contributed by atoms with Crippen LogP contribution in [0.15, 0.2) is 35.3 Å². The van der Waals surface area contributed by atoms with Gasteiger partial charge in [-0.05, 0) is 24.3 Å². The third kappa shape index (κ3) is 3.52. The van der Waals surface area contributed by atoms with Gasteiger partial charge in [0.2, 0.25) is 0 Å². The molecule has 1 aromatic carbocycles. The lowest BCUT2D eigenvalue weighted by Gasteiger charge is -2.06. The maximum atomic E-state index is 13.8. The number of halogens is 3. The summed E-state index contributed by atoms with van der Waals surface area (Å²) >= 11 is 11.6. The molecule has 1 aromatic heterocycles. The zero-order valence-corrected chi connectivity index (χ0v) is 12.9. The van der Waals surface area contributed by atoms with Gasteiger partial charge in [-0.2, -0.15) is 0 Å². The normalized spacial score (nSPS) is 13.0. The van der Waals surface area contributed by atoms with Crippen molar-refractivity contribution in [3.8, 4) is 0 Å². The number of allylic oxidation sites excluding steroid dienone is 2. The van der Waals surface area contributed by atoms with E-state index in [0.29, 0.717) is 40.2 Å². The van der Waals surface area contributed by atoms with E-state index in [1.165, 1.54) is 6.07 Å². The Morgan fingerprint density at radius 1 is 1.48 bits per heavy atom. The average Bonchev–Trinajstić information content (AvgIpc) is 2.89. The van der Waals surface area contributed by atoms with Crippen LogP contribution in [0.5, 0.6) is 0 Å². The minimum Gasteiger partial charge on any atom is -0.354 e.